The lowest BCUT2D eigenvalue weighted by Crippen LogP contribution is -2.26. The first-order chi connectivity index (χ1) is 13.1. The van der Waals surface area contributed by atoms with Crippen LogP contribution in [-0.2, 0) is 38.8 Å². The molecule has 0 saturated carbocycles. The van der Waals surface area contributed by atoms with Crippen LogP contribution in [0.4, 0.5) is 0 Å². The molecule has 3 heterocycles. The van der Waals surface area contributed by atoms with E-state index >= 15 is 0 Å². The number of rotatable bonds is 5. The number of likely N-dealkylation sites (tertiary alicyclic amines) is 1. The van der Waals surface area contributed by atoms with Crippen LogP contribution in [0.25, 0.3) is 0 Å². The van der Waals surface area contributed by atoms with Gasteiger partial charge in [0.05, 0.1) is 25.3 Å². The quantitative estimate of drug-likeness (QED) is 0.729. The maximum Gasteiger partial charge on any atom is 0.311 e. The zero-order valence-electron chi connectivity index (χ0n) is 14.5. The van der Waals surface area contributed by atoms with Gasteiger partial charge in [0.25, 0.3) is 0 Å². The predicted octanol–water partition coefficient (Wildman–Crippen LogP) is 2.89. The number of hydrogen-bond acceptors (Lipinski definition) is 6. The third-order valence-electron chi connectivity index (χ3n) is 4.60. The number of halogens is 1. The summed E-state index contributed by atoms with van der Waals surface area (Å²) in [7, 11) is 0. The van der Waals surface area contributed by atoms with Crippen LogP contribution >= 0.6 is 11.6 Å². The molecule has 8 heteroatoms. The third-order valence-corrected chi connectivity index (χ3v) is 4.81. The molecule has 1 aromatic heterocycles. The number of fused-ring (bicyclic) bond motifs is 1. The molecule has 1 fully saturated rings. The van der Waals surface area contributed by atoms with Crippen molar-refractivity contribution in [1.29, 1.82) is 0 Å². The Labute approximate surface area is 160 Å². The smallest absolute Gasteiger partial charge is 0.311 e. The normalized spacial score (nSPS) is 18.9. The van der Waals surface area contributed by atoms with Crippen LogP contribution in [0.15, 0.2) is 34.9 Å². The number of carbonyl (C=O) groups excluding carboxylic acids is 2. The van der Waals surface area contributed by atoms with E-state index in [4.69, 9.17) is 30.2 Å². The van der Waals surface area contributed by atoms with Gasteiger partial charge >= 0.3 is 5.97 Å². The summed E-state index contributed by atoms with van der Waals surface area (Å²) in [5, 5.41) is 0.523. The highest BCUT2D eigenvalue weighted by molar-refractivity contribution is 6.30. The zero-order valence-corrected chi connectivity index (χ0v) is 15.2. The molecule has 7 nitrogen and oxygen atoms in total. The van der Waals surface area contributed by atoms with Gasteiger partial charge in [0.15, 0.2) is 6.79 Å². The molecule has 0 bridgehead atoms. The van der Waals surface area contributed by atoms with Gasteiger partial charge in [-0.3, -0.25) is 9.59 Å². The van der Waals surface area contributed by atoms with E-state index in [2.05, 4.69) is 0 Å². The minimum Gasteiger partial charge on any atom is -0.467 e. The van der Waals surface area contributed by atoms with Gasteiger partial charge in [0.2, 0.25) is 5.91 Å². The number of hydrogen-bond donors (Lipinski definition) is 0. The van der Waals surface area contributed by atoms with Crippen molar-refractivity contribution in [3.8, 4) is 5.75 Å². The first-order valence-electron chi connectivity index (χ1n) is 8.59. The fraction of sp³-hybridized carbons (Fsp3) is 0.368. The summed E-state index contributed by atoms with van der Waals surface area (Å²) in [6, 6.07) is 7.04. The SMILES string of the molecule is O=C(OCc1cc(Cl)cc2c1OCOC2)[C@@H]1CC(=O)N(Cc2ccco2)C1. The molecule has 2 aliphatic heterocycles. The van der Waals surface area contributed by atoms with Crippen LogP contribution in [0.2, 0.25) is 5.02 Å². The van der Waals surface area contributed by atoms with Crippen LogP contribution in [-0.4, -0.2) is 30.1 Å². The maximum atomic E-state index is 12.4. The van der Waals surface area contributed by atoms with Crippen LogP contribution < -0.4 is 4.74 Å². The summed E-state index contributed by atoms with van der Waals surface area (Å²) < 4.78 is 21.5. The van der Waals surface area contributed by atoms with Crippen molar-refractivity contribution in [2.45, 2.75) is 26.2 Å². The van der Waals surface area contributed by atoms with E-state index in [0.29, 0.717) is 41.8 Å². The van der Waals surface area contributed by atoms with Crippen molar-refractivity contribution in [3.05, 3.63) is 52.4 Å². The maximum absolute atomic E-state index is 12.4. The molecule has 0 N–H and O–H groups in total. The Bertz CT molecular complexity index is 850. The minimum atomic E-state index is -0.494. The highest BCUT2D eigenvalue weighted by atomic mass is 35.5. The van der Waals surface area contributed by atoms with E-state index in [1.807, 2.05) is 0 Å². The molecular formula is C19H18ClNO6. The highest BCUT2D eigenvalue weighted by Crippen LogP contribution is 2.32. The highest BCUT2D eigenvalue weighted by Gasteiger charge is 2.35. The van der Waals surface area contributed by atoms with Gasteiger partial charge in [0, 0.05) is 29.1 Å². The Balaban J connectivity index is 1.37. The number of benzene rings is 1. The van der Waals surface area contributed by atoms with Crippen LogP contribution in [0.5, 0.6) is 5.75 Å². The van der Waals surface area contributed by atoms with Gasteiger partial charge in [-0.05, 0) is 24.3 Å². The second-order valence-electron chi connectivity index (χ2n) is 6.53. The third kappa shape index (κ3) is 3.94. The molecule has 0 unspecified atom stereocenters. The van der Waals surface area contributed by atoms with Gasteiger partial charge in [-0.2, -0.15) is 0 Å². The van der Waals surface area contributed by atoms with Crippen molar-refractivity contribution in [2.24, 2.45) is 5.92 Å². The van der Waals surface area contributed by atoms with Crippen molar-refractivity contribution in [1.82, 2.24) is 4.90 Å². The molecular weight excluding hydrogens is 374 g/mol. The average Bonchev–Trinajstić information content (AvgIpc) is 3.30. The summed E-state index contributed by atoms with van der Waals surface area (Å²) in [6.45, 7) is 1.25. The second kappa shape index (κ2) is 7.62. The molecule has 4 rings (SSSR count). The molecule has 0 radical (unpaired) electrons. The lowest BCUT2D eigenvalue weighted by Gasteiger charge is -2.21. The molecule has 2 aromatic rings. The molecule has 1 saturated heterocycles. The molecule has 1 amide bonds. The van der Waals surface area contributed by atoms with Crippen LogP contribution in [0.3, 0.4) is 0 Å². The van der Waals surface area contributed by atoms with E-state index in [1.54, 1.807) is 35.4 Å². The Morgan fingerprint density at radius 1 is 1.37 bits per heavy atom. The van der Waals surface area contributed by atoms with E-state index in [0.717, 1.165) is 5.56 Å². The summed E-state index contributed by atoms with van der Waals surface area (Å²) >= 11 is 6.12. The lowest BCUT2D eigenvalue weighted by atomic mass is 10.1. The first-order valence-corrected chi connectivity index (χ1v) is 8.96. The summed E-state index contributed by atoms with van der Waals surface area (Å²) in [6.07, 6.45) is 1.69. The first kappa shape index (κ1) is 17.9. The predicted molar refractivity (Wildman–Crippen MR) is 93.8 cm³/mol. The van der Waals surface area contributed by atoms with E-state index < -0.39 is 11.9 Å². The molecule has 1 aromatic carbocycles. The van der Waals surface area contributed by atoms with Gasteiger partial charge in [-0.1, -0.05) is 11.6 Å². The van der Waals surface area contributed by atoms with Gasteiger partial charge in [-0.25, -0.2) is 0 Å². The van der Waals surface area contributed by atoms with E-state index in [1.165, 1.54) is 0 Å². The molecule has 1 atom stereocenters. The van der Waals surface area contributed by atoms with Crippen molar-refractivity contribution >= 4 is 23.5 Å². The van der Waals surface area contributed by atoms with Crippen LogP contribution in [0, 0.1) is 5.92 Å². The Kier molecular flexibility index (Phi) is 5.05. The number of furan rings is 1. The molecule has 0 aliphatic carbocycles. The number of nitrogens with zero attached hydrogens (tertiary/aromatic N) is 1. The molecule has 142 valence electrons. The summed E-state index contributed by atoms with van der Waals surface area (Å²) in [5.41, 5.74) is 1.51. The van der Waals surface area contributed by atoms with Gasteiger partial charge < -0.3 is 23.5 Å². The van der Waals surface area contributed by atoms with Gasteiger partial charge in [0.1, 0.15) is 18.1 Å². The average molecular weight is 392 g/mol. The minimum absolute atomic E-state index is 0.0323. The fourth-order valence-corrected chi connectivity index (χ4v) is 3.57. The molecule has 2 aliphatic rings. The van der Waals surface area contributed by atoms with Crippen molar-refractivity contribution in [2.75, 3.05) is 13.3 Å². The van der Waals surface area contributed by atoms with Crippen LogP contribution in [0.1, 0.15) is 23.3 Å². The summed E-state index contributed by atoms with van der Waals surface area (Å²) in [5.74, 6) is 0.328. The molecule has 0 spiro atoms. The standard InChI is InChI=1S/C19H18ClNO6/c20-15-4-13-9-24-11-27-18(13)14(5-15)10-26-19(23)12-6-17(22)21(7-12)8-16-2-1-3-25-16/h1-5,12H,6-11H2/t12-/m1/s1. The number of ether oxygens (including phenoxy) is 3. The Morgan fingerprint density at radius 3 is 3.07 bits per heavy atom. The topological polar surface area (TPSA) is 78.2 Å². The fourth-order valence-electron chi connectivity index (χ4n) is 3.30. The van der Waals surface area contributed by atoms with Crippen molar-refractivity contribution < 1.29 is 28.2 Å². The van der Waals surface area contributed by atoms with E-state index in [9.17, 15) is 9.59 Å². The molecule has 27 heavy (non-hydrogen) atoms. The lowest BCUT2D eigenvalue weighted by molar-refractivity contribution is -0.149. The van der Waals surface area contributed by atoms with Gasteiger partial charge in [-0.15, -0.1) is 0 Å². The zero-order chi connectivity index (χ0) is 18.8. The number of carbonyl (C=O) groups is 2. The van der Waals surface area contributed by atoms with Crippen molar-refractivity contribution in [3.63, 3.8) is 0 Å². The summed E-state index contributed by atoms with van der Waals surface area (Å²) in [4.78, 5) is 26.2. The van der Waals surface area contributed by atoms with E-state index in [-0.39, 0.29) is 25.7 Å². The monoisotopic (exact) mass is 391 g/mol. The number of amides is 1. The Morgan fingerprint density at radius 2 is 2.26 bits per heavy atom. The second-order valence-corrected chi connectivity index (χ2v) is 6.96. The largest absolute Gasteiger partial charge is 0.467 e. The Hall–Kier alpha value is -2.51. The number of esters is 1.